The van der Waals surface area contributed by atoms with E-state index in [-0.39, 0.29) is 18.9 Å². The highest BCUT2D eigenvalue weighted by atomic mass is 32.2. The van der Waals surface area contributed by atoms with E-state index in [9.17, 15) is 13.2 Å². The van der Waals surface area contributed by atoms with E-state index in [0.29, 0.717) is 12.8 Å². The molecule has 1 aliphatic rings. The molecular formula is C11H21NO5S. The SMILES string of the molecule is COCC1(S(=O)(=O)N[C@@H](CC(C)C)C(=O)O)CC1. The Morgan fingerprint density at radius 2 is 2.00 bits per heavy atom. The minimum atomic E-state index is -3.66. The maximum Gasteiger partial charge on any atom is 0.321 e. The number of carboxylic acid groups (broad SMARTS) is 1. The number of hydrogen-bond donors (Lipinski definition) is 2. The molecule has 1 atom stereocenters. The fourth-order valence-corrected chi connectivity index (χ4v) is 3.61. The molecule has 0 saturated heterocycles. The summed E-state index contributed by atoms with van der Waals surface area (Å²) in [7, 11) is -2.21. The second-order valence-electron chi connectivity index (χ2n) is 5.26. The van der Waals surface area contributed by atoms with Gasteiger partial charge in [0.2, 0.25) is 10.0 Å². The van der Waals surface area contributed by atoms with Gasteiger partial charge in [0.05, 0.1) is 6.61 Å². The molecule has 1 aliphatic carbocycles. The molecule has 0 heterocycles. The molecule has 0 aromatic carbocycles. The number of hydrogen-bond acceptors (Lipinski definition) is 4. The van der Waals surface area contributed by atoms with Crippen LogP contribution in [0.15, 0.2) is 0 Å². The summed E-state index contributed by atoms with van der Waals surface area (Å²) in [6.07, 6.45) is 1.31. The zero-order chi connectivity index (χ0) is 14.0. The molecule has 0 radical (unpaired) electrons. The van der Waals surface area contributed by atoms with Crippen LogP contribution in [0.2, 0.25) is 0 Å². The van der Waals surface area contributed by atoms with E-state index in [1.807, 2.05) is 13.8 Å². The molecule has 1 fully saturated rings. The highest BCUT2D eigenvalue weighted by Gasteiger charge is 2.55. The summed E-state index contributed by atoms with van der Waals surface area (Å²) in [6, 6.07) is -1.07. The zero-order valence-corrected chi connectivity index (χ0v) is 11.8. The van der Waals surface area contributed by atoms with Crippen molar-refractivity contribution < 1.29 is 23.1 Å². The van der Waals surface area contributed by atoms with Gasteiger partial charge in [-0.3, -0.25) is 4.79 Å². The van der Waals surface area contributed by atoms with Crippen LogP contribution in [-0.2, 0) is 19.6 Å². The van der Waals surface area contributed by atoms with Crippen molar-refractivity contribution in [2.24, 2.45) is 5.92 Å². The van der Waals surface area contributed by atoms with Crippen molar-refractivity contribution in [3.05, 3.63) is 0 Å². The van der Waals surface area contributed by atoms with Crippen LogP contribution in [0.1, 0.15) is 33.1 Å². The zero-order valence-electron chi connectivity index (χ0n) is 11.0. The standard InChI is InChI=1S/C11H21NO5S/c1-8(2)6-9(10(13)14)12-18(15,16)11(4-5-11)7-17-3/h8-9,12H,4-7H2,1-3H3,(H,13,14)/t9-/m0/s1. The molecule has 6 nitrogen and oxygen atoms in total. The largest absolute Gasteiger partial charge is 0.480 e. The molecule has 106 valence electrons. The van der Waals surface area contributed by atoms with E-state index in [2.05, 4.69) is 4.72 Å². The molecule has 1 rings (SSSR count). The second kappa shape index (κ2) is 5.54. The molecule has 2 N–H and O–H groups in total. The normalized spacial score (nSPS) is 19.8. The van der Waals surface area contributed by atoms with Crippen molar-refractivity contribution in [2.75, 3.05) is 13.7 Å². The number of ether oxygens (including phenoxy) is 1. The van der Waals surface area contributed by atoms with Crippen LogP contribution in [-0.4, -0.2) is 44.0 Å². The molecule has 0 amide bonds. The summed E-state index contributed by atoms with van der Waals surface area (Å²) in [5.74, 6) is -1.04. The number of carboxylic acids is 1. The molecule has 0 aromatic heterocycles. The van der Waals surface area contributed by atoms with Crippen LogP contribution >= 0.6 is 0 Å². The molecule has 0 unspecified atom stereocenters. The second-order valence-corrected chi connectivity index (χ2v) is 7.37. The van der Waals surface area contributed by atoms with E-state index in [0.717, 1.165) is 0 Å². The summed E-state index contributed by atoms with van der Waals surface area (Å²) in [5.41, 5.74) is 0. The van der Waals surface area contributed by atoms with Gasteiger partial charge in [0.15, 0.2) is 0 Å². The average Bonchev–Trinajstić information content (AvgIpc) is 2.97. The lowest BCUT2D eigenvalue weighted by molar-refractivity contribution is -0.139. The number of carbonyl (C=O) groups is 1. The van der Waals surface area contributed by atoms with Crippen LogP contribution in [0.4, 0.5) is 0 Å². The smallest absolute Gasteiger partial charge is 0.321 e. The van der Waals surface area contributed by atoms with Crippen molar-refractivity contribution in [2.45, 2.75) is 43.9 Å². The van der Waals surface area contributed by atoms with Gasteiger partial charge in [0, 0.05) is 7.11 Å². The predicted octanol–water partition coefficient (Wildman–Crippen LogP) is 0.584. The summed E-state index contributed by atoms with van der Waals surface area (Å²) in [4.78, 5) is 11.1. The first-order valence-electron chi connectivity index (χ1n) is 5.98. The lowest BCUT2D eigenvalue weighted by Crippen LogP contribution is -2.48. The lowest BCUT2D eigenvalue weighted by atomic mass is 10.1. The highest BCUT2D eigenvalue weighted by Crippen LogP contribution is 2.43. The van der Waals surface area contributed by atoms with E-state index in [1.54, 1.807) is 0 Å². The first kappa shape index (κ1) is 15.4. The van der Waals surface area contributed by atoms with Crippen LogP contribution in [0.5, 0.6) is 0 Å². The highest BCUT2D eigenvalue weighted by molar-refractivity contribution is 7.91. The van der Waals surface area contributed by atoms with E-state index < -0.39 is 26.8 Å². The lowest BCUT2D eigenvalue weighted by Gasteiger charge is -2.21. The van der Waals surface area contributed by atoms with Crippen molar-refractivity contribution in [1.82, 2.24) is 4.72 Å². The van der Waals surface area contributed by atoms with Gasteiger partial charge in [0.25, 0.3) is 0 Å². The Labute approximate surface area is 108 Å². The quantitative estimate of drug-likeness (QED) is 0.678. The first-order chi connectivity index (χ1) is 8.24. The van der Waals surface area contributed by atoms with Crippen molar-refractivity contribution in [3.63, 3.8) is 0 Å². The van der Waals surface area contributed by atoms with Gasteiger partial charge in [-0.1, -0.05) is 13.8 Å². The molecule has 0 aromatic rings. The van der Waals surface area contributed by atoms with E-state index in [4.69, 9.17) is 9.84 Å². The minimum absolute atomic E-state index is 0.103. The third kappa shape index (κ3) is 3.43. The maximum atomic E-state index is 12.1. The maximum absolute atomic E-state index is 12.1. The fourth-order valence-electron chi connectivity index (χ4n) is 1.88. The topological polar surface area (TPSA) is 92.7 Å². The summed E-state index contributed by atoms with van der Waals surface area (Å²) in [6.45, 7) is 3.81. The molecule has 0 aliphatic heterocycles. The Morgan fingerprint density at radius 1 is 1.44 bits per heavy atom. The van der Waals surface area contributed by atoms with Crippen molar-refractivity contribution in [3.8, 4) is 0 Å². The van der Waals surface area contributed by atoms with E-state index >= 15 is 0 Å². The van der Waals surface area contributed by atoms with Gasteiger partial charge in [-0.15, -0.1) is 0 Å². The fraction of sp³-hybridized carbons (Fsp3) is 0.909. The van der Waals surface area contributed by atoms with Crippen molar-refractivity contribution >= 4 is 16.0 Å². The van der Waals surface area contributed by atoms with Crippen molar-refractivity contribution in [1.29, 1.82) is 0 Å². The van der Waals surface area contributed by atoms with Crippen LogP contribution in [0, 0.1) is 5.92 Å². The van der Waals surface area contributed by atoms with Gasteiger partial charge in [-0.2, -0.15) is 0 Å². The van der Waals surface area contributed by atoms with Crippen LogP contribution in [0.3, 0.4) is 0 Å². The third-order valence-corrected chi connectivity index (χ3v) is 5.35. The number of sulfonamides is 1. The number of nitrogens with one attached hydrogen (secondary N) is 1. The molecule has 1 saturated carbocycles. The van der Waals surface area contributed by atoms with Crippen LogP contribution < -0.4 is 4.72 Å². The number of aliphatic carboxylic acids is 1. The molecule has 7 heteroatoms. The van der Waals surface area contributed by atoms with Gasteiger partial charge >= 0.3 is 5.97 Å². The molecule has 0 bridgehead atoms. The minimum Gasteiger partial charge on any atom is -0.480 e. The van der Waals surface area contributed by atoms with Gasteiger partial charge < -0.3 is 9.84 Å². The number of methoxy groups -OCH3 is 1. The van der Waals surface area contributed by atoms with Gasteiger partial charge in [0.1, 0.15) is 10.8 Å². The molecule has 18 heavy (non-hydrogen) atoms. The summed E-state index contributed by atoms with van der Waals surface area (Å²) >= 11 is 0. The molecular weight excluding hydrogens is 258 g/mol. The number of rotatable bonds is 8. The first-order valence-corrected chi connectivity index (χ1v) is 7.46. The predicted molar refractivity (Wildman–Crippen MR) is 66.8 cm³/mol. The summed E-state index contributed by atoms with van der Waals surface area (Å²) < 4.78 is 30.6. The van der Waals surface area contributed by atoms with E-state index in [1.165, 1.54) is 7.11 Å². The average molecular weight is 279 g/mol. The Balaban J connectivity index is 2.77. The van der Waals surface area contributed by atoms with Crippen LogP contribution in [0.25, 0.3) is 0 Å². The Kier molecular flexibility index (Phi) is 4.74. The summed E-state index contributed by atoms with van der Waals surface area (Å²) in [5, 5.41) is 9.04. The third-order valence-electron chi connectivity index (χ3n) is 3.09. The van der Waals surface area contributed by atoms with Gasteiger partial charge in [-0.25, -0.2) is 13.1 Å². The molecule has 0 spiro atoms. The Bertz CT molecular complexity index is 400. The monoisotopic (exact) mass is 279 g/mol. The Morgan fingerprint density at radius 3 is 2.33 bits per heavy atom. The Hall–Kier alpha value is -0.660. The van der Waals surface area contributed by atoms with Gasteiger partial charge in [-0.05, 0) is 25.2 Å².